The summed E-state index contributed by atoms with van der Waals surface area (Å²) in [6.07, 6.45) is 1.53. The topological polar surface area (TPSA) is 90.9 Å². The number of aromatic nitrogens is 1. The van der Waals surface area contributed by atoms with Gasteiger partial charge in [-0.3, -0.25) is 4.79 Å². The SMILES string of the molecule is O=C(NCc1ccc2c(c1)OCO2)c1ccc(Nc2ccc3c(c2)OCO3)nc1. The number of amides is 1. The Bertz CT molecular complexity index is 1070. The van der Waals surface area contributed by atoms with E-state index in [1.165, 1.54) is 6.20 Å². The summed E-state index contributed by atoms with van der Waals surface area (Å²) in [4.78, 5) is 16.7. The van der Waals surface area contributed by atoms with Crippen molar-refractivity contribution in [2.45, 2.75) is 6.54 Å². The maximum atomic E-state index is 12.4. The summed E-state index contributed by atoms with van der Waals surface area (Å²) in [6.45, 7) is 0.837. The molecule has 2 aromatic carbocycles. The number of nitrogens with zero attached hydrogens (tertiary/aromatic N) is 1. The molecular weight excluding hydrogens is 374 g/mol. The summed E-state index contributed by atoms with van der Waals surface area (Å²) in [5.41, 5.74) is 2.22. The highest BCUT2D eigenvalue weighted by Gasteiger charge is 2.15. The predicted molar refractivity (Wildman–Crippen MR) is 104 cm³/mol. The van der Waals surface area contributed by atoms with Crippen LogP contribution in [0.5, 0.6) is 23.0 Å². The number of pyridine rings is 1. The van der Waals surface area contributed by atoms with Gasteiger partial charge in [-0.15, -0.1) is 0 Å². The van der Waals surface area contributed by atoms with Crippen molar-refractivity contribution in [3.8, 4) is 23.0 Å². The van der Waals surface area contributed by atoms with Crippen LogP contribution in [-0.4, -0.2) is 24.5 Å². The van der Waals surface area contributed by atoms with Gasteiger partial charge in [0, 0.05) is 24.5 Å². The van der Waals surface area contributed by atoms with Gasteiger partial charge in [0.25, 0.3) is 5.91 Å². The fourth-order valence-electron chi connectivity index (χ4n) is 3.06. The van der Waals surface area contributed by atoms with Crippen molar-refractivity contribution in [2.75, 3.05) is 18.9 Å². The second kappa shape index (κ2) is 7.23. The highest BCUT2D eigenvalue weighted by atomic mass is 16.7. The van der Waals surface area contributed by atoms with Crippen molar-refractivity contribution in [1.82, 2.24) is 10.3 Å². The molecule has 0 unspecified atom stereocenters. The van der Waals surface area contributed by atoms with Crippen molar-refractivity contribution in [3.63, 3.8) is 0 Å². The Morgan fingerprint density at radius 2 is 1.59 bits per heavy atom. The zero-order valence-corrected chi connectivity index (χ0v) is 15.3. The van der Waals surface area contributed by atoms with Gasteiger partial charge in [0.2, 0.25) is 13.6 Å². The maximum Gasteiger partial charge on any atom is 0.253 e. The van der Waals surface area contributed by atoms with Gasteiger partial charge < -0.3 is 29.6 Å². The van der Waals surface area contributed by atoms with E-state index >= 15 is 0 Å². The normalized spacial score (nSPS) is 13.2. The van der Waals surface area contributed by atoms with Gasteiger partial charge in [-0.25, -0.2) is 4.98 Å². The minimum Gasteiger partial charge on any atom is -0.454 e. The Labute approximate surface area is 166 Å². The molecule has 2 N–H and O–H groups in total. The first-order chi connectivity index (χ1) is 14.2. The molecule has 1 amide bonds. The van der Waals surface area contributed by atoms with Crippen LogP contribution in [0.15, 0.2) is 54.7 Å². The molecule has 2 aliphatic heterocycles. The molecule has 0 saturated carbocycles. The van der Waals surface area contributed by atoms with Crippen LogP contribution in [0.1, 0.15) is 15.9 Å². The lowest BCUT2D eigenvalue weighted by Crippen LogP contribution is -2.22. The largest absolute Gasteiger partial charge is 0.454 e. The summed E-state index contributed by atoms with van der Waals surface area (Å²) < 4.78 is 21.3. The third kappa shape index (κ3) is 3.60. The lowest BCUT2D eigenvalue weighted by atomic mass is 10.2. The third-order valence-electron chi connectivity index (χ3n) is 4.56. The van der Waals surface area contributed by atoms with Gasteiger partial charge in [0.1, 0.15) is 5.82 Å². The van der Waals surface area contributed by atoms with Gasteiger partial charge in [0.15, 0.2) is 23.0 Å². The predicted octanol–water partition coefficient (Wildman–Crippen LogP) is 3.21. The highest BCUT2D eigenvalue weighted by molar-refractivity contribution is 5.94. The molecular formula is C21H17N3O5. The average molecular weight is 391 g/mol. The molecule has 0 saturated heterocycles. The van der Waals surface area contributed by atoms with Crippen LogP contribution in [0.2, 0.25) is 0 Å². The number of hydrogen-bond donors (Lipinski definition) is 2. The summed E-state index contributed by atoms with van der Waals surface area (Å²) >= 11 is 0. The lowest BCUT2D eigenvalue weighted by molar-refractivity contribution is 0.0950. The van der Waals surface area contributed by atoms with Crippen LogP contribution in [0.3, 0.4) is 0 Å². The number of fused-ring (bicyclic) bond motifs is 2. The van der Waals surface area contributed by atoms with Crippen molar-refractivity contribution in [2.24, 2.45) is 0 Å². The summed E-state index contributed by atoms with van der Waals surface area (Å²) in [5.74, 6) is 3.24. The smallest absolute Gasteiger partial charge is 0.253 e. The van der Waals surface area contributed by atoms with Gasteiger partial charge in [-0.1, -0.05) is 6.07 Å². The first-order valence-corrected chi connectivity index (χ1v) is 9.04. The Kier molecular flexibility index (Phi) is 4.28. The van der Waals surface area contributed by atoms with E-state index < -0.39 is 0 Å². The van der Waals surface area contributed by atoms with E-state index in [-0.39, 0.29) is 19.5 Å². The molecule has 0 spiro atoms. The number of ether oxygens (including phenoxy) is 4. The highest BCUT2D eigenvalue weighted by Crippen LogP contribution is 2.35. The number of rotatable bonds is 5. The van der Waals surface area contributed by atoms with E-state index in [1.54, 1.807) is 12.1 Å². The zero-order chi connectivity index (χ0) is 19.6. The average Bonchev–Trinajstić information content (AvgIpc) is 3.41. The van der Waals surface area contributed by atoms with Crippen LogP contribution < -0.4 is 29.6 Å². The van der Waals surface area contributed by atoms with Crippen LogP contribution in [0.25, 0.3) is 0 Å². The fraction of sp³-hybridized carbons (Fsp3) is 0.143. The Balaban J connectivity index is 1.20. The molecule has 0 atom stereocenters. The molecule has 0 fully saturated rings. The quantitative estimate of drug-likeness (QED) is 0.690. The Hall–Kier alpha value is -3.94. The van der Waals surface area contributed by atoms with Crippen LogP contribution in [0.4, 0.5) is 11.5 Å². The molecule has 1 aromatic heterocycles. The Morgan fingerprint density at radius 3 is 2.34 bits per heavy atom. The monoisotopic (exact) mass is 391 g/mol. The van der Waals surface area contributed by atoms with E-state index in [0.717, 1.165) is 22.7 Å². The van der Waals surface area contributed by atoms with E-state index in [4.69, 9.17) is 18.9 Å². The first kappa shape index (κ1) is 17.2. The maximum absolute atomic E-state index is 12.4. The molecule has 2 aliphatic rings. The standard InChI is InChI=1S/C21H17N3O5/c25-21(23-9-13-1-4-16-18(7-13)28-11-26-16)14-2-6-20(22-10-14)24-15-3-5-17-19(8-15)29-12-27-17/h1-8,10H,9,11-12H2,(H,22,24)(H,23,25). The number of hydrogen-bond acceptors (Lipinski definition) is 7. The van der Waals surface area contributed by atoms with Gasteiger partial charge in [-0.05, 0) is 42.0 Å². The van der Waals surface area contributed by atoms with Crippen LogP contribution in [0, 0.1) is 0 Å². The van der Waals surface area contributed by atoms with E-state index in [0.29, 0.717) is 29.4 Å². The minimum atomic E-state index is -0.204. The second-order valence-electron chi connectivity index (χ2n) is 6.50. The number of carbonyl (C=O) groups excluding carboxylic acids is 1. The fourth-order valence-corrected chi connectivity index (χ4v) is 3.06. The molecule has 0 aliphatic carbocycles. The summed E-state index contributed by atoms with van der Waals surface area (Å²) in [5, 5.41) is 6.06. The van der Waals surface area contributed by atoms with Crippen molar-refractivity contribution < 1.29 is 23.7 Å². The third-order valence-corrected chi connectivity index (χ3v) is 4.56. The van der Waals surface area contributed by atoms with Crippen LogP contribution in [-0.2, 0) is 6.54 Å². The lowest BCUT2D eigenvalue weighted by Gasteiger charge is -2.08. The minimum absolute atomic E-state index is 0.204. The van der Waals surface area contributed by atoms with E-state index in [2.05, 4.69) is 15.6 Å². The number of anilines is 2. The molecule has 8 nitrogen and oxygen atoms in total. The molecule has 146 valence electrons. The number of carbonyl (C=O) groups is 1. The van der Waals surface area contributed by atoms with E-state index in [1.807, 2.05) is 36.4 Å². The van der Waals surface area contributed by atoms with Crippen molar-refractivity contribution in [3.05, 3.63) is 65.9 Å². The Morgan fingerprint density at radius 1 is 0.862 bits per heavy atom. The summed E-state index contributed by atoms with van der Waals surface area (Å²) in [6, 6.07) is 14.6. The van der Waals surface area contributed by atoms with E-state index in [9.17, 15) is 4.79 Å². The van der Waals surface area contributed by atoms with Gasteiger partial charge in [-0.2, -0.15) is 0 Å². The first-order valence-electron chi connectivity index (χ1n) is 9.04. The second-order valence-corrected chi connectivity index (χ2v) is 6.50. The number of nitrogens with one attached hydrogen (secondary N) is 2. The van der Waals surface area contributed by atoms with Crippen molar-refractivity contribution >= 4 is 17.4 Å². The molecule has 8 heteroatoms. The molecule has 5 rings (SSSR count). The van der Waals surface area contributed by atoms with Crippen LogP contribution >= 0.6 is 0 Å². The summed E-state index contributed by atoms with van der Waals surface area (Å²) in [7, 11) is 0. The molecule has 0 bridgehead atoms. The zero-order valence-electron chi connectivity index (χ0n) is 15.3. The van der Waals surface area contributed by atoms with Gasteiger partial charge in [0.05, 0.1) is 5.56 Å². The number of benzene rings is 2. The van der Waals surface area contributed by atoms with Crippen molar-refractivity contribution in [1.29, 1.82) is 0 Å². The molecule has 29 heavy (non-hydrogen) atoms. The van der Waals surface area contributed by atoms with Gasteiger partial charge >= 0.3 is 0 Å². The molecule has 3 heterocycles. The molecule has 3 aromatic rings. The molecule has 0 radical (unpaired) electrons.